The summed E-state index contributed by atoms with van der Waals surface area (Å²) in [5.41, 5.74) is 3.39. The number of ether oxygens (including phenoxy) is 1. The van der Waals surface area contributed by atoms with Crippen LogP contribution in [0.15, 0.2) is 24.3 Å². The van der Waals surface area contributed by atoms with E-state index in [-0.39, 0.29) is 23.8 Å². The number of carbonyl (C=O) groups is 2. The third-order valence-electron chi connectivity index (χ3n) is 6.09. The molecular weight excluding hydrogens is 394 g/mol. The lowest BCUT2D eigenvalue weighted by Gasteiger charge is -2.31. The first-order valence-corrected chi connectivity index (χ1v) is 11.1. The van der Waals surface area contributed by atoms with E-state index < -0.39 is 0 Å². The zero-order chi connectivity index (χ0) is 22.0. The number of likely N-dealkylation sites (tertiary alicyclic amines) is 1. The van der Waals surface area contributed by atoms with Gasteiger partial charge in [0.1, 0.15) is 6.10 Å². The van der Waals surface area contributed by atoms with Gasteiger partial charge < -0.3 is 15.0 Å². The third kappa shape index (κ3) is 4.79. The number of nitrogens with zero attached hydrogens (tertiary/aromatic N) is 4. The van der Waals surface area contributed by atoms with Gasteiger partial charge in [0, 0.05) is 25.6 Å². The molecule has 2 aliphatic rings. The molecule has 0 bridgehead atoms. The maximum atomic E-state index is 13.1. The minimum atomic E-state index is -0.125. The van der Waals surface area contributed by atoms with Crippen molar-refractivity contribution in [2.45, 2.75) is 52.9 Å². The average molecular weight is 426 g/mol. The maximum absolute atomic E-state index is 13.1. The van der Waals surface area contributed by atoms with Crippen molar-refractivity contribution in [2.24, 2.45) is 11.8 Å². The smallest absolute Gasteiger partial charge is 0.276 e. The first kappa shape index (κ1) is 21.5. The van der Waals surface area contributed by atoms with Crippen LogP contribution in [0, 0.1) is 18.8 Å². The van der Waals surface area contributed by atoms with Crippen LogP contribution in [0.1, 0.15) is 60.1 Å². The standard InChI is InChI=1S/C23H31N5O3/c1-15(2)12-24-22(29)18-8-10-27(11-9-18)23(30)21-19-14-31-20(13-28(19)26-25-21)17-6-4-16(3)5-7-17/h4-7,15,18,20H,8-14H2,1-3H3,(H,24,29). The van der Waals surface area contributed by atoms with Crippen molar-refractivity contribution in [1.29, 1.82) is 0 Å². The van der Waals surface area contributed by atoms with E-state index in [1.165, 1.54) is 5.56 Å². The van der Waals surface area contributed by atoms with Gasteiger partial charge in [0.05, 0.1) is 18.8 Å². The van der Waals surface area contributed by atoms with Crippen molar-refractivity contribution in [3.63, 3.8) is 0 Å². The van der Waals surface area contributed by atoms with Crippen molar-refractivity contribution in [3.8, 4) is 0 Å². The van der Waals surface area contributed by atoms with E-state index >= 15 is 0 Å². The van der Waals surface area contributed by atoms with E-state index in [0.717, 1.165) is 11.3 Å². The predicted molar refractivity (Wildman–Crippen MR) is 115 cm³/mol. The van der Waals surface area contributed by atoms with Crippen molar-refractivity contribution in [3.05, 3.63) is 46.8 Å². The van der Waals surface area contributed by atoms with Gasteiger partial charge in [0.25, 0.3) is 5.91 Å². The minimum Gasteiger partial charge on any atom is -0.365 e. The molecule has 8 heteroatoms. The van der Waals surface area contributed by atoms with Crippen LogP contribution in [0.5, 0.6) is 0 Å². The summed E-state index contributed by atoms with van der Waals surface area (Å²) >= 11 is 0. The fourth-order valence-electron chi connectivity index (χ4n) is 4.10. The minimum absolute atomic E-state index is 0.0320. The maximum Gasteiger partial charge on any atom is 0.276 e. The van der Waals surface area contributed by atoms with Gasteiger partial charge in [0.15, 0.2) is 5.69 Å². The fraction of sp³-hybridized carbons (Fsp3) is 0.565. The number of carbonyl (C=O) groups excluding carboxylic acids is 2. The Morgan fingerprint density at radius 1 is 1.19 bits per heavy atom. The Morgan fingerprint density at radius 3 is 2.58 bits per heavy atom. The molecule has 1 atom stereocenters. The Bertz CT molecular complexity index is 929. The van der Waals surface area contributed by atoms with Gasteiger partial charge in [-0.25, -0.2) is 4.68 Å². The molecule has 0 radical (unpaired) electrons. The number of piperidine rings is 1. The van der Waals surface area contributed by atoms with Crippen LogP contribution in [0.4, 0.5) is 0 Å². The Hall–Kier alpha value is -2.74. The highest BCUT2D eigenvalue weighted by Gasteiger charge is 2.33. The van der Waals surface area contributed by atoms with Gasteiger partial charge in [-0.2, -0.15) is 0 Å². The van der Waals surface area contributed by atoms with Crippen LogP contribution in [-0.2, 0) is 22.7 Å². The number of amides is 2. The Kier molecular flexibility index (Phi) is 6.36. The zero-order valence-corrected chi connectivity index (χ0v) is 18.5. The van der Waals surface area contributed by atoms with Gasteiger partial charge in [-0.1, -0.05) is 48.9 Å². The normalized spacial score (nSPS) is 19.4. The molecule has 166 valence electrons. The molecule has 2 aliphatic heterocycles. The zero-order valence-electron chi connectivity index (χ0n) is 18.5. The summed E-state index contributed by atoms with van der Waals surface area (Å²) < 4.78 is 7.82. The highest BCUT2D eigenvalue weighted by molar-refractivity contribution is 5.93. The summed E-state index contributed by atoms with van der Waals surface area (Å²) in [5, 5.41) is 11.4. The van der Waals surface area contributed by atoms with Gasteiger partial charge in [0.2, 0.25) is 5.91 Å². The molecule has 3 heterocycles. The van der Waals surface area contributed by atoms with Crippen LogP contribution in [0.25, 0.3) is 0 Å². The first-order valence-electron chi connectivity index (χ1n) is 11.1. The lowest BCUT2D eigenvalue weighted by atomic mass is 9.95. The summed E-state index contributed by atoms with van der Waals surface area (Å²) in [7, 11) is 0. The van der Waals surface area contributed by atoms with E-state index in [9.17, 15) is 9.59 Å². The Morgan fingerprint density at radius 2 is 1.90 bits per heavy atom. The Balaban J connectivity index is 1.36. The summed E-state index contributed by atoms with van der Waals surface area (Å²) in [5.74, 6) is 0.366. The molecule has 1 fully saturated rings. The Labute approximate surface area is 182 Å². The molecule has 0 saturated carbocycles. The summed E-state index contributed by atoms with van der Waals surface area (Å²) in [4.78, 5) is 27.2. The number of benzene rings is 1. The van der Waals surface area contributed by atoms with Crippen molar-refractivity contribution >= 4 is 11.8 Å². The molecule has 4 rings (SSSR count). The number of rotatable bonds is 5. The topological polar surface area (TPSA) is 89.4 Å². The molecule has 2 aromatic rings. The van der Waals surface area contributed by atoms with E-state index in [2.05, 4.69) is 60.7 Å². The molecule has 8 nitrogen and oxygen atoms in total. The molecule has 1 unspecified atom stereocenters. The van der Waals surface area contributed by atoms with E-state index in [4.69, 9.17) is 4.74 Å². The fourth-order valence-corrected chi connectivity index (χ4v) is 4.10. The second-order valence-corrected chi connectivity index (χ2v) is 8.98. The van der Waals surface area contributed by atoms with Crippen LogP contribution < -0.4 is 5.32 Å². The number of nitrogens with one attached hydrogen (secondary N) is 1. The highest BCUT2D eigenvalue weighted by Crippen LogP contribution is 2.28. The van der Waals surface area contributed by atoms with Crippen LogP contribution >= 0.6 is 0 Å². The number of aryl methyl sites for hydroxylation is 1. The molecular formula is C23H31N5O3. The quantitative estimate of drug-likeness (QED) is 0.795. The van der Waals surface area contributed by atoms with Crippen molar-refractivity contribution < 1.29 is 14.3 Å². The SMILES string of the molecule is Cc1ccc(C2Cn3nnc(C(=O)N4CCC(C(=O)NCC(C)C)CC4)c3CO2)cc1. The predicted octanol–water partition coefficient (Wildman–Crippen LogP) is 2.48. The first-order chi connectivity index (χ1) is 14.9. The number of aromatic nitrogens is 3. The highest BCUT2D eigenvalue weighted by atomic mass is 16.5. The monoisotopic (exact) mass is 425 g/mol. The second kappa shape index (κ2) is 9.18. The van der Waals surface area contributed by atoms with Crippen LogP contribution in [-0.4, -0.2) is 51.3 Å². The largest absolute Gasteiger partial charge is 0.365 e. The third-order valence-corrected chi connectivity index (χ3v) is 6.09. The van der Waals surface area contributed by atoms with Gasteiger partial charge in [-0.15, -0.1) is 5.10 Å². The van der Waals surface area contributed by atoms with E-state index in [1.807, 2.05) is 0 Å². The number of hydrogen-bond acceptors (Lipinski definition) is 5. The van der Waals surface area contributed by atoms with E-state index in [0.29, 0.717) is 57.2 Å². The average Bonchev–Trinajstić information content (AvgIpc) is 3.21. The lowest BCUT2D eigenvalue weighted by molar-refractivity contribution is -0.126. The molecule has 2 amide bonds. The molecule has 1 N–H and O–H groups in total. The van der Waals surface area contributed by atoms with Gasteiger partial charge in [-0.3, -0.25) is 9.59 Å². The van der Waals surface area contributed by atoms with Gasteiger partial charge >= 0.3 is 0 Å². The van der Waals surface area contributed by atoms with Crippen molar-refractivity contribution in [2.75, 3.05) is 19.6 Å². The van der Waals surface area contributed by atoms with E-state index in [1.54, 1.807) is 9.58 Å². The number of fused-ring (bicyclic) bond motifs is 1. The molecule has 1 aromatic carbocycles. The van der Waals surface area contributed by atoms with Gasteiger partial charge in [-0.05, 0) is 31.2 Å². The van der Waals surface area contributed by atoms with Crippen LogP contribution in [0.2, 0.25) is 0 Å². The molecule has 0 aliphatic carbocycles. The van der Waals surface area contributed by atoms with Crippen molar-refractivity contribution in [1.82, 2.24) is 25.2 Å². The summed E-state index contributed by atoms with van der Waals surface area (Å²) in [6, 6.07) is 8.26. The molecule has 1 saturated heterocycles. The number of hydrogen-bond donors (Lipinski definition) is 1. The molecule has 0 spiro atoms. The molecule has 1 aromatic heterocycles. The molecule has 31 heavy (non-hydrogen) atoms. The van der Waals surface area contributed by atoms with Crippen LogP contribution in [0.3, 0.4) is 0 Å². The second-order valence-electron chi connectivity index (χ2n) is 8.98. The lowest BCUT2D eigenvalue weighted by Crippen LogP contribution is -2.44. The summed E-state index contributed by atoms with van der Waals surface area (Å²) in [6.07, 6.45) is 1.24. The summed E-state index contributed by atoms with van der Waals surface area (Å²) in [6.45, 7) is 8.85.